The van der Waals surface area contributed by atoms with E-state index in [9.17, 15) is 19.8 Å². The highest BCUT2D eigenvalue weighted by Crippen LogP contribution is 2.42. The normalized spacial score (nSPS) is 13.0. The lowest BCUT2D eigenvalue weighted by atomic mass is 9.68. The zero-order chi connectivity index (χ0) is 13.8. The summed E-state index contributed by atoms with van der Waals surface area (Å²) in [5, 5.41) is 18.9. The molecule has 0 spiro atoms. The number of hydrogen-bond acceptors (Lipinski definition) is 2. The molecule has 0 aromatic heterocycles. The van der Waals surface area contributed by atoms with E-state index < -0.39 is 23.3 Å². The first-order chi connectivity index (χ1) is 8.49. The highest BCUT2D eigenvalue weighted by Gasteiger charge is 2.47. The molecular weight excluding hydrogens is 232 g/mol. The van der Waals surface area contributed by atoms with Crippen LogP contribution in [0, 0.1) is 5.41 Å². The Balaban J connectivity index is 3.35. The zero-order valence-corrected chi connectivity index (χ0v) is 10.6. The van der Waals surface area contributed by atoms with Gasteiger partial charge in [0.2, 0.25) is 0 Å². The molecule has 0 amide bonds. The van der Waals surface area contributed by atoms with Crippen LogP contribution in [0.1, 0.15) is 38.2 Å². The second-order valence-corrected chi connectivity index (χ2v) is 4.35. The van der Waals surface area contributed by atoms with E-state index in [0.29, 0.717) is 5.56 Å². The summed E-state index contributed by atoms with van der Waals surface area (Å²) in [5.41, 5.74) is -0.719. The molecule has 0 radical (unpaired) electrons. The van der Waals surface area contributed by atoms with E-state index in [2.05, 4.69) is 0 Å². The summed E-state index contributed by atoms with van der Waals surface area (Å²) in [6.45, 7) is 3.44. The lowest BCUT2D eigenvalue weighted by Gasteiger charge is -2.33. The molecule has 1 aromatic rings. The number of benzene rings is 1. The first kappa shape index (κ1) is 14.2. The molecule has 4 nitrogen and oxygen atoms in total. The minimum absolute atomic E-state index is 0.282. The molecule has 0 heterocycles. The Labute approximate surface area is 106 Å². The minimum atomic E-state index is -1.26. The van der Waals surface area contributed by atoms with E-state index in [1.807, 2.05) is 0 Å². The van der Waals surface area contributed by atoms with E-state index in [0.717, 1.165) is 0 Å². The summed E-state index contributed by atoms with van der Waals surface area (Å²) in [4.78, 5) is 23.0. The Morgan fingerprint density at radius 2 is 1.61 bits per heavy atom. The predicted octanol–water partition coefficient (Wildman–Crippen LogP) is 2.75. The van der Waals surface area contributed by atoms with Crippen molar-refractivity contribution in [3.05, 3.63) is 35.9 Å². The molecule has 18 heavy (non-hydrogen) atoms. The van der Waals surface area contributed by atoms with Crippen LogP contribution in [0.5, 0.6) is 0 Å². The monoisotopic (exact) mass is 250 g/mol. The van der Waals surface area contributed by atoms with Crippen molar-refractivity contribution in [1.82, 2.24) is 0 Å². The molecular formula is C14H18O4. The second kappa shape index (κ2) is 5.67. The molecule has 0 bridgehead atoms. The van der Waals surface area contributed by atoms with E-state index in [-0.39, 0.29) is 12.8 Å². The van der Waals surface area contributed by atoms with Crippen LogP contribution in [0.3, 0.4) is 0 Å². The van der Waals surface area contributed by atoms with Crippen molar-refractivity contribution in [2.24, 2.45) is 5.41 Å². The van der Waals surface area contributed by atoms with Gasteiger partial charge in [-0.25, -0.2) is 0 Å². The van der Waals surface area contributed by atoms with Gasteiger partial charge in [-0.1, -0.05) is 44.2 Å². The third-order valence-corrected chi connectivity index (χ3v) is 3.62. The molecule has 1 aromatic carbocycles. The summed E-state index contributed by atoms with van der Waals surface area (Å²) in [6.07, 6.45) is 0.565. The van der Waals surface area contributed by atoms with Gasteiger partial charge in [0, 0.05) is 0 Å². The number of carboxylic acid groups (broad SMARTS) is 2. The summed E-state index contributed by atoms with van der Waals surface area (Å²) >= 11 is 0. The van der Waals surface area contributed by atoms with Crippen molar-refractivity contribution in [3.63, 3.8) is 0 Å². The van der Waals surface area contributed by atoms with Crippen LogP contribution in [-0.2, 0) is 9.59 Å². The molecule has 2 N–H and O–H groups in total. The quantitative estimate of drug-likeness (QED) is 0.814. The number of carboxylic acids is 2. The summed E-state index contributed by atoms with van der Waals surface area (Å²) in [5.74, 6) is -3.16. The van der Waals surface area contributed by atoms with Gasteiger partial charge in [-0.3, -0.25) is 9.59 Å². The fraction of sp³-hybridized carbons (Fsp3) is 0.429. The maximum absolute atomic E-state index is 11.5. The third-order valence-electron chi connectivity index (χ3n) is 3.62. The highest BCUT2D eigenvalue weighted by atomic mass is 16.4. The van der Waals surface area contributed by atoms with Gasteiger partial charge in [-0.05, 0) is 18.4 Å². The molecule has 0 fully saturated rings. The van der Waals surface area contributed by atoms with Crippen molar-refractivity contribution >= 4 is 11.9 Å². The lowest BCUT2D eigenvalue weighted by molar-refractivity contribution is -0.159. The molecule has 0 aliphatic rings. The van der Waals surface area contributed by atoms with E-state index in [1.54, 1.807) is 44.2 Å². The third kappa shape index (κ3) is 2.37. The van der Waals surface area contributed by atoms with Crippen LogP contribution in [0.15, 0.2) is 30.3 Å². The van der Waals surface area contributed by atoms with Gasteiger partial charge in [0.25, 0.3) is 0 Å². The molecule has 98 valence electrons. The first-order valence-electron chi connectivity index (χ1n) is 6.00. The number of carbonyl (C=O) groups is 2. The average molecular weight is 250 g/mol. The van der Waals surface area contributed by atoms with Crippen molar-refractivity contribution in [3.8, 4) is 0 Å². The fourth-order valence-electron chi connectivity index (χ4n) is 2.43. The van der Waals surface area contributed by atoms with Crippen molar-refractivity contribution in [2.45, 2.75) is 32.6 Å². The fourth-order valence-corrected chi connectivity index (χ4v) is 2.43. The maximum atomic E-state index is 11.5. The maximum Gasteiger partial charge on any atom is 0.312 e. The number of rotatable bonds is 6. The minimum Gasteiger partial charge on any atom is -0.481 e. The second-order valence-electron chi connectivity index (χ2n) is 4.35. The van der Waals surface area contributed by atoms with E-state index in [4.69, 9.17) is 0 Å². The van der Waals surface area contributed by atoms with E-state index in [1.165, 1.54) is 0 Å². The lowest BCUT2D eigenvalue weighted by Crippen LogP contribution is -2.40. The molecule has 1 atom stereocenters. The van der Waals surface area contributed by atoms with E-state index >= 15 is 0 Å². The van der Waals surface area contributed by atoms with Crippen molar-refractivity contribution < 1.29 is 19.8 Å². The molecule has 0 aliphatic heterocycles. The SMILES string of the molecule is CCC(CC)(C(=O)O)C(C(=O)O)c1ccccc1. The van der Waals surface area contributed by atoms with Crippen LogP contribution in [0.2, 0.25) is 0 Å². The smallest absolute Gasteiger partial charge is 0.312 e. The molecule has 1 rings (SSSR count). The van der Waals surface area contributed by atoms with Gasteiger partial charge in [0.1, 0.15) is 0 Å². The zero-order valence-electron chi connectivity index (χ0n) is 10.6. The standard InChI is InChI=1S/C14H18O4/c1-3-14(4-2,13(17)18)11(12(15)16)10-8-6-5-7-9-10/h5-9,11H,3-4H2,1-2H3,(H,15,16)(H,17,18). The largest absolute Gasteiger partial charge is 0.481 e. The predicted molar refractivity (Wildman–Crippen MR) is 67.5 cm³/mol. The molecule has 0 saturated carbocycles. The Morgan fingerprint density at radius 3 is 1.94 bits per heavy atom. The van der Waals surface area contributed by atoms with Crippen LogP contribution < -0.4 is 0 Å². The van der Waals surface area contributed by atoms with Crippen LogP contribution >= 0.6 is 0 Å². The van der Waals surface area contributed by atoms with Crippen LogP contribution in [0.25, 0.3) is 0 Å². The Hall–Kier alpha value is -1.84. The number of aliphatic carboxylic acids is 2. The Bertz CT molecular complexity index is 421. The van der Waals surface area contributed by atoms with Crippen LogP contribution in [-0.4, -0.2) is 22.2 Å². The van der Waals surface area contributed by atoms with Crippen LogP contribution in [0.4, 0.5) is 0 Å². The van der Waals surface area contributed by atoms with Gasteiger partial charge in [0.05, 0.1) is 11.3 Å². The van der Waals surface area contributed by atoms with Gasteiger partial charge < -0.3 is 10.2 Å². The molecule has 4 heteroatoms. The molecule has 1 unspecified atom stereocenters. The summed E-state index contributed by atoms with van der Waals surface area (Å²) in [6, 6.07) is 8.57. The first-order valence-corrected chi connectivity index (χ1v) is 6.00. The van der Waals surface area contributed by atoms with Crippen molar-refractivity contribution in [2.75, 3.05) is 0 Å². The van der Waals surface area contributed by atoms with Gasteiger partial charge in [-0.15, -0.1) is 0 Å². The van der Waals surface area contributed by atoms with Gasteiger partial charge in [-0.2, -0.15) is 0 Å². The topological polar surface area (TPSA) is 74.6 Å². The summed E-state index contributed by atoms with van der Waals surface area (Å²) < 4.78 is 0. The highest BCUT2D eigenvalue weighted by molar-refractivity contribution is 5.87. The summed E-state index contributed by atoms with van der Waals surface area (Å²) in [7, 11) is 0. The Kier molecular flexibility index (Phi) is 4.48. The van der Waals surface area contributed by atoms with Crippen molar-refractivity contribution in [1.29, 1.82) is 0 Å². The Morgan fingerprint density at radius 1 is 1.11 bits per heavy atom. The number of hydrogen-bond donors (Lipinski definition) is 2. The van der Waals surface area contributed by atoms with Gasteiger partial charge >= 0.3 is 11.9 Å². The molecule has 0 saturated heterocycles. The molecule has 0 aliphatic carbocycles. The average Bonchev–Trinajstić information content (AvgIpc) is 2.36. The van der Waals surface area contributed by atoms with Gasteiger partial charge in [0.15, 0.2) is 0 Å².